The minimum atomic E-state index is 0.188. The monoisotopic (exact) mass is 422 g/mol. The van der Waals surface area contributed by atoms with E-state index < -0.39 is 0 Å². The number of hydrogen-bond acceptors (Lipinski definition) is 5. The van der Waals surface area contributed by atoms with E-state index in [4.69, 9.17) is 4.98 Å². The number of likely N-dealkylation sites (tertiary alicyclic amines) is 1. The van der Waals surface area contributed by atoms with Crippen LogP contribution in [0.5, 0.6) is 0 Å². The van der Waals surface area contributed by atoms with Crippen molar-refractivity contribution < 1.29 is 4.79 Å². The first kappa shape index (κ1) is 18.6. The van der Waals surface area contributed by atoms with Crippen LogP contribution in [0.15, 0.2) is 53.7 Å². The summed E-state index contributed by atoms with van der Waals surface area (Å²) < 4.78 is 3.29. The summed E-state index contributed by atoms with van der Waals surface area (Å²) in [6, 6.07) is 16.3. The summed E-state index contributed by atoms with van der Waals surface area (Å²) in [4.78, 5) is 24.4. The number of amides is 1. The average Bonchev–Trinajstić information content (AvgIpc) is 3.34. The Kier molecular flexibility index (Phi) is 5.01. The van der Waals surface area contributed by atoms with Gasteiger partial charge in [0.05, 0.1) is 32.0 Å². The Balaban J connectivity index is 1.26. The third-order valence-corrected chi connectivity index (χ3v) is 7.72. The van der Waals surface area contributed by atoms with Crippen molar-refractivity contribution in [3.8, 4) is 0 Å². The van der Waals surface area contributed by atoms with Gasteiger partial charge < -0.3 is 9.47 Å². The molecule has 1 fully saturated rings. The smallest absolute Gasteiger partial charge is 0.233 e. The molecule has 0 bridgehead atoms. The number of fused-ring (bicyclic) bond motifs is 2. The van der Waals surface area contributed by atoms with Gasteiger partial charge >= 0.3 is 0 Å². The van der Waals surface area contributed by atoms with E-state index in [2.05, 4.69) is 33.8 Å². The van der Waals surface area contributed by atoms with Crippen molar-refractivity contribution in [1.29, 1.82) is 0 Å². The summed E-state index contributed by atoms with van der Waals surface area (Å²) in [5.74, 6) is 0.947. The summed E-state index contributed by atoms with van der Waals surface area (Å²) in [5, 5.41) is 2.05. The molecule has 1 unspecified atom stereocenters. The molecule has 4 aromatic rings. The maximum absolute atomic E-state index is 12.9. The van der Waals surface area contributed by atoms with Crippen LogP contribution in [0.25, 0.3) is 21.3 Å². The summed E-state index contributed by atoms with van der Waals surface area (Å²) in [6.45, 7) is 1.60. The Labute approximate surface area is 177 Å². The number of hydrogen-bond donors (Lipinski definition) is 0. The maximum Gasteiger partial charge on any atom is 0.233 e. The van der Waals surface area contributed by atoms with Crippen LogP contribution in [0.2, 0.25) is 0 Å². The predicted octanol–water partition coefficient (Wildman–Crippen LogP) is 4.68. The minimum Gasteiger partial charge on any atom is -0.341 e. The summed E-state index contributed by atoms with van der Waals surface area (Å²) in [6.07, 6.45) is 2.13. The number of nitrogens with zero attached hydrogens (tertiary/aromatic N) is 4. The predicted molar refractivity (Wildman–Crippen MR) is 120 cm³/mol. The highest BCUT2D eigenvalue weighted by Gasteiger charge is 2.27. The van der Waals surface area contributed by atoms with Crippen molar-refractivity contribution in [1.82, 2.24) is 19.4 Å². The molecule has 0 N–H and O–H groups in total. The van der Waals surface area contributed by atoms with Crippen molar-refractivity contribution >= 4 is 50.3 Å². The zero-order chi connectivity index (χ0) is 19.8. The first-order valence-corrected chi connectivity index (χ1v) is 11.7. The molecule has 0 aliphatic carbocycles. The quantitative estimate of drug-likeness (QED) is 0.448. The van der Waals surface area contributed by atoms with Crippen molar-refractivity contribution in [2.45, 2.75) is 23.9 Å². The molecule has 29 heavy (non-hydrogen) atoms. The van der Waals surface area contributed by atoms with E-state index in [1.807, 2.05) is 36.2 Å². The van der Waals surface area contributed by atoms with Crippen molar-refractivity contribution in [3.05, 3.63) is 53.5 Å². The van der Waals surface area contributed by atoms with E-state index in [0.29, 0.717) is 11.7 Å². The first-order chi connectivity index (χ1) is 14.2. The van der Waals surface area contributed by atoms with Gasteiger partial charge in [-0.3, -0.25) is 4.79 Å². The Morgan fingerprint density at radius 2 is 1.93 bits per heavy atom. The van der Waals surface area contributed by atoms with E-state index in [1.54, 1.807) is 11.3 Å². The van der Waals surface area contributed by atoms with E-state index >= 15 is 0 Å². The molecule has 1 amide bonds. The topological polar surface area (TPSA) is 51.0 Å². The zero-order valence-corrected chi connectivity index (χ0v) is 17.9. The number of aryl methyl sites for hydroxylation is 1. The molecule has 1 atom stereocenters. The standard InChI is InChI=1S/C22H22N4OS2/c1-25-18-10-4-2-8-16(18)24-22(25)28-14-20(27)26-12-6-7-15(13-26)21-23-17-9-3-5-11-19(17)29-21/h2-5,8-11,15H,6-7,12-14H2,1H3. The van der Waals surface area contributed by atoms with E-state index in [9.17, 15) is 4.79 Å². The third kappa shape index (κ3) is 3.65. The molecule has 1 saturated heterocycles. The maximum atomic E-state index is 12.9. The SMILES string of the molecule is Cn1c(SCC(=O)N2CCCC(c3nc4ccccc4s3)C2)nc2ccccc21. The Bertz CT molecular complexity index is 1150. The lowest BCUT2D eigenvalue weighted by Gasteiger charge is -2.31. The fourth-order valence-electron chi connectivity index (χ4n) is 3.94. The van der Waals surface area contributed by atoms with Gasteiger partial charge in [0.15, 0.2) is 5.16 Å². The number of aromatic nitrogens is 3. The van der Waals surface area contributed by atoms with Crippen molar-refractivity contribution in [2.75, 3.05) is 18.8 Å². The fourth-order valence-corrected chi connectivity index (χ4v) is 5.92. The van der Waals surface area contributed by atoms with Gasteiger partial charge in [-0.05, 0) is 37.1 Å². The second-order valence-corrected chi connectivity index (χ2v) is 9.43. The molecular weight excluding hydrogens is 400 g/mol. The molecule has 0 radical (unpaired) electrons. The zero-order valence-electron chi connectivity index (χ0n) is 16.2. The van der Waals surface area contributed by atoms with Crippen LogP contribution in [0.3, 0.4) is 0 Å². The van der Waals surface area contributed by atoms with Crippen molar-refractivity contribution in [2.24, 2.45) is 7.05 Å². The van der Waals surface area contributed by atoms with Gasteiger partial charge in [0.2, 0.25) is 5.91 Å². The van der Waals surface area contributed by atoms with Crippen LogP contribution in [0.4, 0.5) is 0 Å². The number of para-hydroxylation sites is 3. The van der Waals surface area contributed by atoms with Gasteiger partial charge in [-0.1, -0.05) is 36.0 Å². The number of carbonyl (C=O) groups is 1. The van der Waals surface area contributed by atoms with Gasteiger partial charge in [-0.2, -0.15) is 0 Å². The van der Waals surface area contributed by atoms with E-state index in [-0.39, 0.29) is 5.91 Å². The lowest BCUT2D eigenvalue weighted by atomic mass is 9.99. The second kappa shape index (κ2) is 7.80. The second-order valence-electron chi connectivity index (χ2n) is 7.43. The molecule has 3 heterocycles. The summed E-state index contributed by atoms with van der Waals surface area (Å²) in [7, 11) is 2.01. The number of rotatable bonds is 4. The molecule has 7 heteroatoms. The molecular formula is C22H22N4OS2. The highest BCUT2D eigenvalue weighted by molar-refractivity contribution is 7.99. The molecule has 2 aromatic carbocycles. The minimum absolute atomic E-state index is 0.188. The molecule has 0 saturated carbocycles. The van der Waals surface area contributed by atoms with Crippen LogP contribution in [-0.2, 0) is 11.8 Å². The number of thiazole rings is 1. The number of carbonyl (C=O) groups excluding carboxylic acids is 1. The Hall–Kier alpha value is -2.38. The largest absolute Gasteiger partial charge is 0.341 e. The molecule has 1 aliphatic heterocycles. The lowest BCUT2D eigenvalue weighted by molar-refractivity contribution is -0.129. The van der Waals surface area contributed by atoms with Gasteiger partial charge in [0, 0.05) is 26.1 Å². The van der Waals surface area contributed by atoms with Crippen LogP contribution in [0.1, 0.15) is 23.8 Å². The third-order valence-electron chi connectivity index (χ3n) is 5.50. The Morgan fingerprint density at radius 1 is 1.14 bits per heavy atom. The van der Waals surface area contributed by atoms with Crippen LogP contribution in [0, 0.1) is 0 Å². The molecule has 5 rings (SSSR count). The summed E-state index contributed by atoms with van der Waals surface area (Å²) >= 11 is 3.29. The molecule has 2 aromatic heterocycles. The number of imidazole rings is 1. The van der Waals surface area contributed by atoms with Crippen LogP contribution < -0.4 is 0 Å². The van der Waals surface area contributed by atoms with Gasteiger partial charge in [-0.25, -0.2) is 9.97 Å². The molecule has 148 valence electrons. The first-order valence-electron chi connectivity index (χ1n) is 9.86. The normalized spacial score (nSPS) is 17.3. The number of piperidine rings is 1. The van der Waals surface area contributed by atoms with E-state index in [0.717, 1.165) is 52.6 Å². The van der Waals surface area contributed by atoms with E-state index in [1.165, 1.54) is 16.5 Å². The average molecular weight is 423 g/mol. The Morgan fingerprint density at radius 3 is 2.76 bits per heavy atom. The number of thioether (sulfide) groups is 1. The van der Waals surface area contributed by atoms with Gasteiger partial charge in [-0.15, -0.1) is 11.3 Å². The van der Waals surface area contributed by atoms with Crippen molar-refractivity contribution in [3.63, 3.8) is 0 Å². The number of benzene rings is 2. The highest BCUT2D eigenvalue weighted by Crippen LogP contribution is 2.33. The lowest BCUT2D eigenvalue weighted by Crippen LogP contribution is -2.40. The van der Waals surface area contributed by atoms with Crippen LogP contribution in [-0.4, -0.2) is 44.2 Å². The molecule has 0 spiro atoms. The highest BCUT2D eigenvalue weighted by atomic mass is 32.2. The van der Waals surface area contributed by atoms with Crippen LogP contribution >= 0.6 is 23.1 Å². The molecule has 5 nitrogen and oxygen atoms in total. The van der Waals surface area contributed by atoms with Gasteiger partial charge in [0.25, 0.3) is 0 Å². The summed E-state index contributed by atoms with van der Waals surface area (Å²) in [5.41, 5.74) is 3.13. The van der Waals surface area contributed by atoms with Gasteiger partial charge in [0.1, 0.15) is 0 Å². The fraction of sp³-hybridized carbons (Fsp3) is 0.318. The molecule has 1 aliphatic rings.